The van der Waals surface area contributed by atoms with E-state index in [0.29, 0.717) is 12.2 Å². The van der Waals surface area contributed by atoms with Crippen LogP contribution in [0.15, 0.2) is 41.6 Å². The molecule has 2 rings (SSSR count). The maximum absolute atomic E-state index is 13.2. The number of ether oxygens (including phenoxy) is 1. The highest BCUT2D eigenvalue weighted by Crippen LogP contribution is 2.32. The van der Waals surface area contributed by atoms with Crippen LogP contribution in [0.4, 0.5) is 13.2 Å². The van der Waals surface area contributed by atoms with Gasteiger partial charge < -0.3 is 10.1 Å². The Morgan fingerprint density at radius 2 is 1.89 bits per heavy atom. The van der Waals surface area contributed by atoms with Crippen molar-refractivity contribution in [2.75, 3.05) is 13.7 Å². The first-order valence-electron chi connectivity index (χ1n) is 8.18. The van der Waals surface area contributed by atoms with Gasteiger partial charge in [0, 0.05) is 18.7 Å². The first kappa shape index (κ1) is 21.2. The van der Waals surface area contributed by atoms with Crippen LogP contribution in [-0.4, -0.2) is 40.9 Å². The van der Waals surface area contributed by atoms with E-state index in [0.717, 1.165) is 17.8 Å². The Kier molecular flexibility index (Phi) is 7.20. The predicted octanol–water partition coefficient (Wildman–Crippen LogP) is 3.79. The lowest BCUT2D eigenvalue weighted by Crippen LogP contribution is -2.40. The largest absolute Gasteiger partial charge is 0.433 e. The van der Waals surface area contributed by atoms with Crippen molar-refractivity contribution in [3.63, 3.8) is 0 Å². The van der Waals surface area contributed by atoms with Gasteiger partial charge in [-0.2, -0.15) is 13.2 Å². The zero-order chi connectivity index (χ0) is 20.0. The van der Waals surface area contributed by atoms with Crippen molar-refractivity contribution in [2.24, 2.45) is 0 Å². The second-order valence-corrected chi connectivity index (χ2v) is 7.22. The van der Waals surface area contributed by atoms with E-state index in [-0.39, 0.29) is 22.8 Å². The minimum Gasteiger partial charge on any atom is -0.383 e. The summed E-state index contributed by atoms with van der Waals surface area (Å²) in [6.45, 7) is 3.69. The molecule has 0 aliphatic rings. The van der Waals surface area contributed by atoms with Crippen molar-refractivity contribution in [1.29, 1.82) is 0 Å². The fourth-order valence-electron chi connectivity index (χ4n) is 2.24. The fourth-order valence-corrected chi connectivity index (χ4v) is 3.04. The quantitative estimate of drug-likeness (QED) is 0.567. The second-order valence-electron chi connectivity index (χ2n) is 5.91. The Morgan fingerprint density at radius 1 is 1.22 bits per heavy atom. The SMILES string of the molecule is COC[C@H](C)NC(=O)[C@H](C)Sc1nc(-c2ccccc2)cc(C(F)(F)F)n1. The maximum Gasteiger partial charge on any atom is 0.433 e. The number of methoxy groups -OCH3 is 1. The molecule has 0 spiro atoms. The molecule has 1 N–H and O–H groups in total. The summed E-state index contributed by atoms with van der Waals surface area (Å²) >= 11 is 0.876. The molecule has 1 aromatic carbocycles. The van der Waals surface area contributed by atoms with Crippen molar-refractivity contribution in [3.8, 4) is 11.3 Å². The molecule has 0 unspecified atom stereocenters. The Hall–Kier alpha value is -2.13. The highest BCUT2D eigenvalue weighted by Gasteiger charge is 2.34. The van der Waals surface area contributed by atoms with Crippen LogP contribution < -0.4 is 5.32 Å². The third kappa shape index (κ3) is 6.21. The summed E-state index contributed by atoms with van der Waals surface area (Å²) in [6, 6.07) is 9.21. The minimum absolute atomic E-state index is 0.106. The van der Waals surface area contributed by atoms with Crippen molar-refractivity contribution >= 4 is 17.7 Å². The summed E-state index contributed by atoms with van der Waals surface area (Å²) in [6.07, 6.45) is -4.61. The highest BCUT2D eigenvalue weighted by atomic mass is 32.2. The smallest absolute Gasteiger partial charge is 0.383 e. The molecule has 146 valence electrons. The van der Waals surface area contributed by atoms with Crippen LogP contribution in [0.1, 0.15) is 19.5 Å². The summed E-state index contributed by atoms with van der Waals surface area (Å²) in [5.41, 5.74) is -0.349. The average Bonchev–Trinajstić information content (AvgIpc) is 2.61. The number of halogens is 3. The van der Waals surface area contributed by atoms with Gasteiger partial charge in [0.2, 0.25) is 5.91 Å². The van der Waals surface area contributed by atoms with E-state index in [1.54, 1.807) is 44.2 Å². The number of hydrogen-bond donors (Lipinski definition) is 1. The molecule has 0 saturated carbocycles. The van der Waals surface area contributed by atoms with Gasteiger partial charge in [-0.05, 0) is 19.9 Å². The van der Waals surface area contributed by atoms with Gasteiger partial charge in [0.05, 0.1) is 17.6 Å². The molecule has 1 amide bonds. The van der Waals surface area contributed by atoms with Crippen molar-refractivity contribution in [1.82, 2.24) is 15.3 Å². The maximum atomic E-state index is 13.2. The van der Waals surface area contributed by atoms with Gasteiger partial charge in [-0.25, -0.2) is 9.97 Å². The number of hydrogen-bond acceptors (Lipinski definition) is 5. The molecule has 1 aromatic heterocycles. The van der Waals surface area contributed by atoms with E-state index in [2.05, 4.69) is 15.3 Å². The molecule has 5 nitrogen and oxygen atoms in total. The number of carbonyl (C=O) groups is 1. The van der Waals surface area contributed by atoms with E-state index in [9.17, 15) is 18.0 Å². The summed E-state index contributed by atoms with van der Waals surface area (Å²) < 4.78 is 44.6. The van der Waals surface area contributed by atoms with Crippen LogP contribution in [0.25, 0.3) is 11.3 Å². The van der Waals surface area contributed by atoms with Gasteiger partial charge in [-0.15, -0.1) is 0 Å². The molecule has 0 bridgehead atoms. The lowest BCUT2D eigenvalue weighted by atomic mass is 10.1. The third-order valence-corrected chi connectivity index (χ3v) is 4.48. The lowest BCUT2D eigenvalue weighted by molar-refractivity contribution is -0.141. The number of aromatic nitrogens is 2. The van der Waals surface area contributed by atoms with Crippen LogP contribution >= 0.6 is 11.8 Å². The summed E-state index contributed by atoms with van der Waals surface area (Å²) in [5, 5.41) is 1.95. The summed E-state index contributed by atoms with van der Waals surface area (Å²) in [7, 11) is 1.52. The highest BCUT2D eigenvalue weighted by molar-refractivity contribution is 8.00. The number of rotatable bonds is 7. The summed E-state index contributed by atoms with van der Waals surface area (Å²) in [5.74, 6) is -0.327. The Labute approximate surface area is 159 Å². The third-order valence-electron chi connectivity index (χ3n) is 3.52. The van der Waals surface area contributed by atoms with Crippen LogP contribution in [-0.2, 0) is 15.7 Å². The second kappa shape index (κ2) is 9.18. The van der Waals surface area contributed by atoms with Crippen LogP contribution in [0.3, 0.4) is 0 Å². The average molecular weight is 399 g/mol. The number of alkyl halides is 3. The van der Waals surface area contributed by atoms with Gasteiger partial charge in [-0.3, -0.25) is 4.79 Å². The molecule has 2 atom stereocenters. The fraction of sp³-hybridized carbons (Fsp3) is 0.389. The zero-order valence-corrected chi connectivity index (χ0v) is 15.9. The van der Waals surface area contributed by atoms with E-state index in [1.165, 1.54) is 7.11 Å². The molecule has 27 heavy (non-hydrogen) atoms. The van der Waals surface area contributed by atoms with Gasteiger partial charge in [0.1, 0.15) is 5.69 Å². The number of nitrogens with zero attached hydrogens (tertiary/aromatic N) is 2. The summed E-state index contributed by atoms with van der Waals surface area (Å²) in [4.78, 5) is 20.0. The topological polar surface area (TPSA) is 64.1 Å². The molecule has 1 heterocycles. The molecule has 9 heteroatoms. The molecule has 0 aliphatic carbocycles. The number of amides is 1. The molecule has 0 fully saturated rings. The van der Waals surface area contributed by atoms with Crippen molar-refractivity contribution < 1.29 is 22.7 Å². The van der Waals surface area contributed by atoms with Gasteiger partial charge in [-0.1, -0.05) is 42.1 Å². The number of nitrogens with one attached hydrogen (secondary N) is 1. The van der Waals surface area contributed by atoms with Gasteiger partial charge in [0.25, 0.3) is 0 Å². The first-order valence-corrected chi connectivity index (χ1v) is 9.06. The number of thioether (sulfide) groups is 1. The van der Waals surface area contributed by atoms with Crippen LogP contribution in [0.5, 0.6) is 0 Å². The molecule has 2 aromatic rings. The van der Waals surface area contributed by atoms with E-state index >= 15 is 0 Å². The normalized spacial score (nSPS) is 13.9. The number of carbonyl (C=O) groups excluding carboxylic acids is 1. The van der Waals surface area contributed by atoms with E-state index in [1.807, 2.05) is 0 Å². The monoisotopic (exact) mass is 399 g/mol. The molecular formula is C18H20F3N3O2S. The first-order chi connectivity index (χ1) is 12.7. The number of benzene rings is 1. The van der Waals surface area contributed by atoms with E-state index in [4.69, 9.17) is 4.74 Å². The van der Waals surface area contributed by atoms with Crippen molar-refractivity contribution in [2.45, 2.75) is 36.5 Å². The minimum atomic E-state index is -4.61. The Bertz CT molecular complexity index is 772. The molecule has 0 radical (unpaired) electrons. The zero-order valence-electron chi connectivity index (χ0n) is 15.1. The van der Waals surface area contributed by atoms with Crippen LogP contribution in [0.2, 0.25) is 0 Å². The standard InChI is InChI=1S/C18H20F3N3O2S/c1-11(10-26-3)22-16(25)12(2)27-17-23-14(13-7-5-4-6-8-13)9-15(24-17)18(19,20)21/h4-9,11-12H,10H2,1-3H3,(H,22,25)/t11-,12-/m0/s1. The predicted molar refractivity (Wildman–Crippen MR) is 97.3 cm³/mol. The lowest BCUT2D eigenvalue weighted by Gasteiger charge is -2.17. The molecular weight excluding hydrogens is 379 g/mol. The van der Waals surface area contributed by atoms with E-state index < -0.39 is 17.1 Å². The van der Waals surface area contributed by atoms with Gasteiger partial charge in [0.15, 0.2) is 5.16 Å². The van der Waals surface area contributed by atoms with Gasteiger partial charge >= 0.3 is 6.18 Å². The Balaban J connectivity index is 2.26. The molecule has 0 saturated heterocycles. The van der Waals surface area contributed by atoms with Crippen molar-refractivity contribution in [3.05, 3.63) is 42.1 Å². The Morgan fingerprint density at radius 3 is 2.48 bits per heavy atom. The van der Waals surface area contributed by atoms with Crippen LogP contribution in [0, 0.1) is 0 Å². The molecule has 0 aliphatic heterocycles.